The van der Waals surface area contributed by atoms with E-state index < -0.39 is 24.3 Å². The van der Waals surface area contributed by atoms with Crippen molar-refractivity contribution in [2.45, 2.75) is 44.0 Å². The quantitative estimate of drug-likeness (QED) is 0.184. The van der Waals surface area contributed by atoms with Gasteiger partial charge < -0.3 is 35.1 Å². The van der Waals surface area contributed by atoms with Gasteiger partial charge in [0.05, 0.1) is 32.5 Å². The minimum Gasteiger partial charge on any atom is -0.467 e. The average Bonchev–Trinajstić information content (AvgIpc) is 3.01. The molecule has 41 heavy (non-hydrogen) atoms. The molecular formula is C31H36N2O7S. The Kier molecular flexibility index (Phi) is 11.6. The highest BCUT2D eigenvalue weighted by atomic mass is 32.2. The third-order valence-corrected chi connectivity index (χ3v) is 7.72. The van der Waals surface area contributed by atoms with Crippen LogP contribution in [-0.4, -0.2) is 59.6 Å². The standard InChI is InChI=1S/C31H36N2O7S/c1-38-29(36)27(16-21-6-3-2-4-7-21)33-31(37)32-25-9-5-8-24(17-25)30-39-26(20-41-15-14-34)18-28(40-30)23-12-10-22(19-35)11-13-23/h2-13,17,26-28,30,34-35H,14-16,18-20H2,1H3,(H2,32,33,37)/t26-,27-,28+,30+/m0/s1. The predicted octanol–water partition coefficient (Wildman–Crippen LogP) is 4.36. The number of thioether (sulfide) groups is 1. The summed E-state index contributed by atoms with van der Waals surface area (Å²) < 4.78 is 17.6. The van der Waals surface area contributed by atoms with Crippen LogP contribution < -0.4 is 10.6 Å². The summed E-state index contributed by atoms with van der Waals surface area (Å²) in [5.41, 5.74) is 3.93. The van der Waals surface area contributed by atoms with Gasteiger partial charge in [0.25, 0.3) is 0 Å². The van der Waals surface area contributed by atoms with Crippen LogP contribution in [0.5, 0.6) is 0 Å². The molecule has 4 N–H and O–H groups in total. The Bertz CT molecular complexity index is 1260. The van der Waals surface area contributed by atoms with Crippen LogP contribution in [0.1, 0.15) is 41.1 Å². The summed E-state index contributed by atoms with van der Waals surface area (Å²) in [6, 6.07) is 22.8. The van der Waals surface area contributed by atoms with Crippen molar-refractivity contribution < 1.29 is 34.0 Å². The minimum absolute atomic E-state index is 0.0298. The molecule has 0 bridgehead atoms. The first-order valence-corrected chi connectivity index (χ1v) is 14.6. The Hall–Kier alpha value is -3.41. The maximum Gasteiger partial charge on any atom is 0.328 e. The zero-order valence-electron chi connectivity index (χ0n) is 22.9. The minimum atomic E-state index is -0.856. The molecule has 1 fully saturated rings. The fraction of sp³-hybridized carbons (Fsp3) is 0.355. The van der Waals surface area contributed by atoms with Gasteiger partial charge in [-0.3, -0.25) is 0 Å². The molecule has 1 aliphatic heterocycles. The molecular weight excluding hydrogens is 544 g/mol. The first-order chi connectivity index (χ1) is 20.0. The van der Waals surface area contributed by atoms with Crippen LogP contribution in [0.15, 0.2) is 78.9 Å². The molecule has 0 unspecified atom stereocenters. The topological polar surface area (TPSA) is 126 Å². The highest BCUT2D eigenvalue weighted by molar-refractivity contribution is 7.99. The number of carbonyl (C=O) groups excluding carboxylic acids is 2. The Morgan fingerprint density at radius 3 is 2.46 bits per heavy atom. The number of rotatable bonds is 12. The van der Waals surface area contributed by atoms with E-state index in [1.165, 1.54) is 7.11 Å². The van der Waals surface area contributed by atoms with Crippen molar-refractivity contribution in [2.75, 3.05) is 30.5 Å². The van der Waals surface area contributed by atoms with Gasteiger partial charge in [-0.05, 0) is 28.8 Å². The third kappa shape index (κ3) is 9.04. The van der Waals surface area contributed by atoms with Gasteiger partial charge in [-0.2, -0.15) is 11.8 Å². The van der Waals surface area contributed by atoms with Crippen molar-refractivity contribution in [3.8, 4) is 0 Å². The number of nitrogens with one attached hydrogen (secondary N) is 2. The second-order valence-corrected chi connectivity index (χ2v) is 10.8. The van der Waals surface area contributed by atoms with Crippen molar-refractivity contribution in [2.24, 2.45) is 0 Å². The molecule has 9 nitrogen and oxygen atoms in total. The van der Waals surface area contributed by atoms with E-state index in [1.807, 2.05) is 60.7 Å². The molecule has 4 atom stereocenters. The van der Waals surface area contributed by atoms with Crippen LogP contribution in [0, 0.1) is 0 Å². The lowest BCUT2D eigenvalue weighted by molar-refractivity contribution is -0.245. The van der Waals surface area contributed by atoms with Gasteiger partial charge >= 0.3 is 12.0 Å². The number of aliphatic hydroxyl groups is 2. The first-order valence-electron chi connectivity index (χ1n) is 13.5. The van der Waals surface area contributed by atoms with Crippen molar-refractivity contribution in [1.82, 2.24) is 5.32 Å². The molecule has 10 heteroatoms. The zero-order valence-corrected chi connectivity index (χ0v) is 23.7. The molecule has 3 aromatic rings. The van der Waals surface area contributed by atoms with E-state index in [9.17, 15) is 19.8 Å². The molecule has 1 aliphatic rings. The molecule has 0 aromatic heterocycles. The number of hydrogen-bond acceptors (Lipinski definition) is 8. The zero-order chi connectivity index (χ0) is 29.0. The van der Waals surface area contributed by atoms with Gasteiger partial charge in [0.15, 0.2) is 6.29 Å². The van der Waals surface area contributed by atoms with Gasteiger partial charge in [-0.15, -0.1) is 0 Å². The summed E-state index contributed by atoms with van der Waals surface area (Å²) in [5.74, 6) is 0.777. The molecule has 0 spiro atoms. The molecule has 4 rings (SSSR count). The highest BCUT2D eigenvalue weighted by Gasteiger charge is 2.32. The number of hydrogen-bond donors (Lipinski definition) is 4. The van der Waals surface area contributed by atoms with E-state index in [2.05, 4.69) is 10.6 Å². The molecule has 2 amide bonds. The Morgan fingerprint density at radius 1 is 0.976 bits per heavy atom. The fourth-order valence-corrected chi connectivity index (χ4v) is 5.35. The lowest BCUT2D eigenvalue weighted by atomic mass is 10.0. The van der Waals surface area contributed by atoms with Crippen LogP contribution in [0.2, 0.25) is 0 Å². The van der Waals surface area contributed by atoms with Gasteiger partial charge in [0, 0.05) is 35.6 Å². The average molecular weight is 581 g/mol. The van der Waals surface area contributed by atoms with E-state index in [0.717, 1.165) is 22.3 Å². The number of ether oxygens (including phenoxy) is 3. The lowest BCUT2D eigenvalue weighted by Crippen LogP contribution is -2.45. The van der Waals surface area contributed by atoms with Crippen LogP contribution >= 0.6 is 11.8 Å². The maximum absolute atomic E-state index is 12.9. The highest BCUT2D eigenvalue weighted by Crippen LogP contribution is 2.39. The van der Waals surface area contributed by atoms with Gasteiger partial charge in [0.2, 0.25) is 0 Å². The Balaban J connectivity index is 1.46. The molecule has 1 heterocycles. The first kappa shape index (κ1) is 30.5. The monoisotopic (exact) mass is 580 g/mol. The van der Waals surface area contributed by atoms with Crippen LogP contribution in [0.25, 0.3) is 0 Å². The number of urea groups is 1. The molecule has 0 aliphatic carbocycles. The molecule has 0 saturated carbocycles. The lowest BCUT2D eigenvalue weighted by Gasteiger charge is -2.36. The summed E-state index contributed by atoms with van der Waals surface area (Å²) in [7, 11) is 1.29. The van der Waals surface area contributed by atoms with E-state index >= 15 is 0 Å². The second kappa shape index (κ2) is 15.6. The van der Waals surface area contributed by atoms with Crippen molar-refractivity contribution in [3.63, 3.8) is 0 Å². The number of carbonyl (C=O) groups is 2. The number of esters is 1. The van der Waals surface area contributed by atoms with Crippen LogP contribution in [0.4, 0.5) is 10.5 Å². The predicted molar refractivity (Wildman–Crippen MR) is 157 cm³/mol. The molecule has 218 valence electrons. The smallest absolute Gasteiger partial charge is 0.328 e. The largest absolute Gasteiger partial charge is 0.467 e. The number of methoxy groups -OCH3 is 1. The van der Waals surface area contributed by atoms with E-state index in [-0.39, 0.29) is 25.4 Å². The van der Waals surface area contributed by atoms with Gasteiger partial charge in [-0.1, -0.05) is 66.7 Å². The number of anilines is 1. The van der Waals surface area contributed by atoms with Crippen LogP contribution in [-0.2, 0) is 32.0 Å². The number of amides is 2. The Labute approximate surface area is 244 Å². The van der Waals surface area contributed by atoms with Gasteiger partial charge in [0.1, 0.15) is 6.04 Å². The summed E-state index contributed by atoms with van der Waals surface area (Å²) in [4.78, 5) is 25.2. The van der Waals surface area contributed by atoms with Crippen molar-refractivity contribution in [3.05, 3.63) is 101 Å². The summed E-state index contributed by atoms with van der Waals surface area (Å²) >= 11 is 1.62. The summed E-state index contributed by atoms with van der Waals surface area (Å²) in [6.07, 6.45) is -0.103. The second-order valence-electron chi connectivity index (χ2n) is 9.64. The number of aliphatic hydroxyl groups excluding tert-OH is 2. The van der Waals surface area contributed by atoms with E-state index in [0.29, 0.717) is 30.0 Å². The van der Waals surface area contributed by atoms with Crippen LogP contribution in [0.3, 0.4) is 0 Å². The molecule has 0 radical (unpaired) electrons. The van der Waals surface area contributed by atoms with E-state index in [4.69, 9.17) is 14.2 Å². The summed E-state index contributed by atoms with van der Waals surface area (Å²) in [6.45, 7) is 0.0687. The maximum atomic E-state index is 12.9. The molecule has 1 saturated heterocycles. The SMILES string of the molecule is COC(=O)[C@H](Cc1ccccc1)NC(=O)Nc1cccc([C@@H]2O[C@H](CSCCO)C[C@H](c3ccc(CO)cc3)O2)c1. The normalized spacial score (nSPS) is 19.2. The van der Waals surface area contributed by atoms with Gasteiger partial charge in [-0.25, -0.2) is 9.59 Å². The van der Waals surface area contributed by atoms with E-state index in [1.54, 1.807) is 30.0 Å². The third-order valence-electron chi connectivity index (χ3n) is 6.64. The molecule has 3 aromatic carbocycles. The number of benzene rings is 3. The van der Waals surface area contributed by atoms with Crippen molar-refractivity contribution in [1.29, 1.82) is 0 Å². The summed E-state index contributed by atoms with van der Waals surface area (Å²) in [5, 5.41) is 24.1. The fourth-order valence-electron chi connectivity index (χ4n) is 4.58. The Morgan fingerprint density at radius 2 is 1.76 bits per heavy atom. The van der Waals surface area contributed by atoms with Crippen molar-refractivity contribution >= 4 is 29.4 Å².